The highest BCUT2D eigenvalue weighted by atomic mass is 16.5. The van der Waals surface area contributed by atoms with E-state index in [4.69, 9.17) is 0 Å². The van der Waals surface area contributed by atoms with Gasteiger partial charge in [0.2, 0.25) is 0 Å². The molecule has 0 unspecified atom stereocenters. The van der Waals surface area contributed by atoms with Gasteiger partial charge in [-0.05, 0) is 34.4 Å². The average Bonchev–Trinajstić information content (AvgIpc) is 2.43. The van der Waals surface area contributed by atoms with E-state index in [1.54, 1.807) is 0 Å². The van der Waals surface area contributed by atoms with Crippen molar-refractivity contribution in [1.82, 2.24) is 0 Å². The number of ether oxygens (including phenoxy) is 1. The Morgan fingerprint density at radius 2 is 1.83 bits per heavy atom. The van der Waals surface area contributed by atoms with E-state index in [0.29, 0.717) is 12.8 Å². The van der Waals surface area contributed by atoms with E-state index in [0.717, 1.165) is 11.1 Å². The maximum Gasteiger partial charge on any atom is 0.305 e. The third-order valence-electron chi connectivity index (χ3n) is 3.02. The summed E-state index contributed by atoms with van der Waals surface area (Å²) in [7, 11) is 1.40. The Hall–Kier alpha value is -2.09. The van der Waals surface area contributed by atoms with Crippen molar-refractivity contribution in [1.29, 1.82) is 0 Å². The molecule has 92 valence electrons. The molecule has 0 fully saturated rings. The highest BCUT2D eigenvalue weighted by Gasteiger charge is 2.05. The molecule has 2 aromatic rings. The van der Waals surface area contributed by atoms with Gasteiger partial charge in [-0.1, -0.05) is 43.0 Å². The molecule has 0 spiro atoms. The lowest BCUT2D eigenvalue weighted by molar-refractivity contribution is -0.140. The predicted octanol–water partition coefficient (Wildman–Crippen LogP) is 3.81. The lowest BCUT2D eigenvalue weighted by Crippen LogP contribution is -1.99. The molecule has 0 saturated carbocycles. The third-order valence-corrected chi connectivity index (χ3v) is 3.02. The highest BCUT2D eigenvalue weighted by molar-refractivity contribution is 5.86. The summed E-state index contributed by atoms with van der Waals surface area (Å²) < 4.78 is 4.63. The molecule has 2 aromatic carbocycles. The van der Waals surface area contributed by atoms with Crippen LogP contribution in [0.15, 0.2) is 49.0 Å². The predicted molar refractivity (Wildman–Crippen MR) is 74.2 cm³/mol. The molecule has 0 aliphatic carbocycles. The molecule has 0 heterocycles. The molecule has 0 aromatic heterocycles. The smallest absolute Gasteiger partial charge is 0.305 e. The Morgan fingerprint density at radius 3 is 2.56 bits per heavy atom. The van der Waals surface area contributed by atoms with Crippen molar-refractivity contribution in [2.75, 3.05) is 7.11 Å². The zero-order valence-corrected chi connectivity index (χ0v) is 10.5. The molecule has 0 bridgehead atoms. The number of rotatable bonds is 4. The van der Waals surface area contributed by atoms with Gasteiger partial charge >= 0.3 is 5.97 Å². The van der Waals surface area contributed by atoms with Gasteiger partial charge in [-0.2, -0.15) is 0 Å². The molecule has 2 nitrogen and oxygen atoms in total. The number of methoxy groups -OCH3 is 1. The van der Waals surface area contributed by atoms with Crippen LogP contribution in [0.25, 0.3) is 16.3 Å². The van der Waals surface area contributed by atoms with Crippen molar-refractivity contribution in [3.05, 3.63) is 54.6 Å². The molecule has 2 rings (SSSR count). The maximum atomic E-state index is 11.1. The third kappa shape index (κ3) is 2.77. The van der Waals surface area contributed by atoms with E-state index in [-0.39, 0.29) is 5.97 Å². The van der Waals surface area contributed by atoms with Crippen LogP contribution in [-0.2, 0) is 9.53 Å². The summed E-state index contributed by atoms with van der Waals surface area (Å²) in [6, 6.07) is 14.4. The van der Waals surface area contributed by atoms with Crippen molar-refractivity contribution >= 4 is 22.3 Å². The molecule has 0 saturated heterocycles. The van der Waals surface area contributed by atoms with Crippen molar-refractivity contribution in [2.45, 2.75) is 12.8 Å². The summed E-state index contributed by atoms with van der Waals surface area (Å²) in [6.45, 7) is 4.03. The first-order chi connectivity index (χ1) is 8.70. The SMILES string of the molecule is C=C(CCC(=O)OC)c1ccc2ccccc2c1. The topological polar surface area (TPSA) is 26.3 Å². The molecule has 0 amide bonds. The van der Waals surface area contributed by atoms with E-state index in [2.05, 4.69) is 35.6 Å². The molecule has 0 N–H and O–H groups in total. The monoisotopic (exact) mass is 240 g/mol. The molecule has 18 heavy (non-hydrogen) atoms. The number of carbonyl (C=O) groups is 1. The summed E-state index contributed by atoms with van der Waals surface area (Å²) in [5.41, 5.74) is 2.05. The fourth-order valence-corrected chi connectivity index (χ4v) is 1.91. The highest BCUT2D eigenvalue weighted by Crippen LogP contribution is 2.23. The minimum absolute atomic E-state index is 0.197. The second kappa shape index (κ2) is 5.50. The van der Waals surface area contributed by atoms with Crippen LogP contribution in [-0.4, -0.2) is 13.1 Å². The van der Waals surface area contributed by atoms with Gasteiger partial charge in [0.15, 0.2) is 0 Å². The number of allylic oxidation sites excluding steroid dienone is 1. The Kier molecular flexibility index (Phi) is 3.78. The molecule has 2 heteroatoms. The first-order valence-corrected chi connectivity index (χ1v) is 5.94. The first kappa shape index (κ1) is 12.4. The zero-order chi connectivity index (χ0) is 13.0. The standard InChI is InChI=1S/C16H16O2/c1-12(7-10-16(17)18-2)14-9-8-13-5-3-4-6-15(13)11-14/h3-6,8-9,11H,1,7,10H2,2H3. The van der Waals surface area contributed by atoms with Gasteiger partial charge in [0.25, 0.3) is 0 Å². The van der Waals surface area contributed by atoms with E-state index in [9.17, 15) is 4.79 Å². The van der Waals surface area contributed by atoms with Gasteiger partial charge < -0.3 is 4.74 Å². The summed E-state index contributed by atoms with van der Waals surface area (Å²) in [6.07, 6.45) is 1.01. The number of benzene rings is 2. The Balaban J connectivity index is 2.15. The lowest BCUT2D eigenvalue weighted by atomic mass is 9.99. The molecule has 0 aliphatic heterocycles. The van der Waals surface area contributed by atoms with Gasteiger partial charge in [0.05, 0.1) is 7.11 Å². The second-order valence-electron chi connectivity index (χ2n) is 4.24. The van der Waals surface area contributed by atoms with E-state index in [1.165, 1.54) is 17.9 Å². The fourth-order valence-electron chi connectivity index (χ4n) is 1.91. The Labute approximate surface area is 107 Å². The molecular formula is C16H16O2. The summed E-state index contributed by atoms with van der Waals surface area (Å²) in [4.78, 5) is 11.1. The Morgan fingerprint density at radius 1 is 1.11 bits per heavy atom. The van der Waals surface area contributed by atoms with Crippen LogP contribution in [0, 0.1) is 0 Å². The minimum Gasteiger partial charge on any atom is -0.469 e. The number of fused-ring (bicyclic) bond motifs is 1. The molecule has 0 radical (unpaired) electrons. The van der Waals surface area contributed by atoms with Crippen LogP contribution in [0.2, 0.25) is 0 Å². The molecule has 0 atom stereocenters. The summed E-state index contributed by atoms with van der Waals surface area (Å²) in [5.74, 6) is -0.197. The quantitative estimate of drug-likeness (QED) is 0.760. The number of hydrogen-bond donors (Lipinski definition) is 0. The average molecular weight is 240 g/mol. The van der Waals surface area contributed by atoms with Gasteiger partial charge in [-0.15, -0.1) is 0 Å². The first-order valence-electron chi connectivity index (χ1n) is 5.94. The molecular weight excluding hydrogens is 224 g/mol. The summed E-state index contributed by atoms with van der Waals surface area (Å²) >= 11 is 0. The Bertz CT molecular complexity index is 584. The van der Waals surface area contributed by atoms with Crippen LogP contribution < -0.4 is 0 Å². The van der Waals surface area contributed by atoms with Gasteiger partial charge in [0, 0.05) is 6.42 Å². The maximum absolute atomic E-state index is 11.1. The number of carbonyl (C=O) groups excluding carboxylic acids is 1. The van der Waals surface area contributed by atoms with Crippen molar-refractivity contribution in [3.8, 4) is 0 Å². The number of hydrogen-bond acceptors (Lipinski definition) is 2. The zero-order valence-electron chi connectivity index (χ0n) is 10.5. The minimum atomic E-state index is -0.197. The van der Waals surface area contributed by atoms with Crippen LogP contribution in [0.4, 0.5) is 0 Å². The number of esters is 1. The van der Waals surface area contributed by atoms with E-state index < -0.39 is 0 Å². The largest absolute Gasteiger partial charge is 0.469 e. The van der Waals surface area contributed by atoms with Gasteiger partial charge in [0.1, 0.15) is 0 Å². The fraction of sp³-hybridized carbons (Fsp3) is 0.188. The van der Waals surface area contributed by atoms with Crippen LogP contribution in [0.3, 0.4) is 0 Å². The van der Waals surface area contributed by atoms with Crippen molar-refractivity contribution in [3.63, 3.8) is 0 Å². The van der Waals surface area contributed by atoms with E-state index in [1.807, 2.05) is 18.2 Å². The lowest BCUT2D eigenvalue weighted by Gasteiger charge is -2.07. The van der Waals surface area contributed by atoms with Crippen molar-refractivity contribution in [2.24, 2.45) is 0 Å². The van der Waals surface area contributed by atoms with Crippen LogP contribution >= 0.6 is 0 Å². The normalized spacial score (nSPS) is 10.3. The van der Waals surface area contributed by atoms with Gasteiger partial charge in [-0.25, -0.2) is 0 Å². The van der Waals surface area contributed by atoms with Crippen molar-refractivity contribution < 1.29 is 9.53 Å². The van der Waals surface area contributed by atoms with Crippen LogP contribution in [0.1, 0.15) is 18.4 Å². The van der Waals surface area contributed by atoms with Gasteiger partial charge in [-0.3, -0.25) is 4.79 Å². The summed E-state index contributed by atoms with van der Waals surface area (Å²) in [5, 5.41) is 2.40. The van der Waals surface area contributed by atoms with Crippen LogP contribution in [0.5, 0.6) is 0 Å². The second-order valence-corrected chi connectivity index (χ2v) is 4.24. The molecule has 0 aliphatic rings. The van der Waals surface area contributed by atoms with E-state index >= 15 is 0 Å².